The summed E-state index contributed by atoms with van der Waals surface area (Å²) in [6.45, 7) is 14.2. The van der Waals surface area contributed by atoms with Crippen molar-refractivity contribution in [2.45, 2.75) is 60.8 Å². The molecule has 1 aliphatic rings. The summed E-state index contributed by atoms with van der Waals surface area (Å²) in [7, 11) is 0. The highest BCUT2D eigenvalue weighted by atomic mass is 14.6. The third kappa shape index (κ3) is 2.14. The zero-order valence-corrected chi connectivity index (χ0v) is 11.4. The van der Waals surface area contributed by atoms with E-state index in [0.717, 1.165) is 11.8 Å². The second-order valence-corrected chi connectivity index (χ2v) is 6.27. The third-order valence-corrected chi connectivity index (χ3v) is 4.79. The Morgan fingerprint density at radius 2 is 2.00 bits per heavy atom. The summed E-state index contributed by atoms with van der Waals surface area (Å²) < 4.78 is 0. The highest BCUT2D eigenvalue weighted by Gasteiger charge is 2.53. The van der Waals surface area contributed by atoms with Crippen LogP contribution in [0.2, 0.25) is 0 Å². The van der Waals surface area contributed by atoms with Crippen molar-refractivity contribution in [1.82, 2.24) is 0 Å². The molecular formula is C15H28. The fourth-order valence-corrected chi connectivity index (χ4v) is 3.73. The molecule has 0 aliphatic heterocycles. The van der Waals surface area contributed by atoms with Crippen molar-refractivity contribution >= 4 is 0 Å². The Labute approximate surface area is 96.2 Å². The van der Waals surface area contributed by atoms with E-state index in [9.17, 15) is 0 Å². The van der Waals surface area contributed by atoms with Gasteiger partial charge >= 0.3 is 0 Å². The molecule has 0 aromatic heterocycles. The molecule has 0 aromatic carbocycles. The monoisotopic (exact) mass is 208 g/mol. The smallest absolute Gasteiger partial charge is 0.0141 e. The van der Waals surface area contributed by atoms with E-state index in [2.05, 4.69) is 53.7 Å². The fraction of sp³-hybridized carbons (Fsp3) is 0.867. The van der Waals surface area contributed by atoms with Crippen LogP contribution in [-0.4, -0.2) is 0 Å². The summed E-state index contributed by atoms with van der Waals surface area (Å²) in [5.41, 5.74) is 0.961. The predicted octanol–water partition coefficient (Wildman–Crippen LogP) is 5.05. The summed E-state index contributed by atoms with van der Waals surface area (Å²) in [5.74, 6) is 1.78. The zero-order valence-electron chi connectivity index (χ0n) is 11.4. The molecule has 0 aromatic rings. The average molecular weight is 208 g/mol. The first-order valence-corrected chi connectivity index (χ1v) is 6.52. The van der Waals surface area contributed by atoms with E-state index >= 15 is 0 Å². The molecule has 0 amide bonds. The summed E-state index contributed by atoms with van der Waals surface area (Å²) in [6, 6.07) is 0. The lowest BCUT2D eigenvalue weighted by Crippen LogP contribution is -2.51. The molecule has 0 spiro atoms. The molecular weight excluding hydrogens is 180 g/mol. The fourth-order valence-electron chi connectivity index (χ4n) is 3.73. The van der Waals surface area contributed by atoms with Gasteiger partial charge in [0.05, 0.1) is 0 Å². The van der Waals surface area contributed by atoms with Gasteiger partial charge in [-0.1, -0.05) is 53.2 Å². The largest absolute Gasteiger partial charge is 0.0911 e. The molecule has 0 saturated heterocycles. The summed E-state index contributed by atoms with van der Waals surface area (Å²) >= 11 is 0. The van der Waals surface area contributed by atoms with Gasteiger partial charge in [0.25, 0.3) is 0 Å². The Balaban J connectivity index is 2.80. The van der Waals surface area contributed by atoms with Crippen LogP contribution in [0.3, 0.4) is 0 Å². The summed E-state index contributed by atoms with van der Waals surface area (Å²) in [5, 5.41) is 0. The van der Waals surface area contributed by atoms with E-state index in [1.54, 1.807) is 0 Å². The van der Waals surface area contributed by atoms with Crippen LogP contribution in [0.1, 0.15) is 60.8 Å². The highest BCUT2D eigenvalue weighted by molar-refractivity contribution is 5.09. The highest BCUT2D eigenvalue weighted by Crippen LogP contribution is 2.61. The van der Waals surface area contributed by atoms with E-state index in [1.165, 1.54) is 19.3 Å². The molecule has 88 valence electrons. The van der Waals surface area contributed by atoms with E-state index in [0.29, 0.717) is 10.8 Å². The van der Waals surface area contributed by atoms with E-state index in [1.807, 2.05) is 0 Å². The quantitative estimate of drug-likeness (QED) is 0.567. The first-order valence-electron chi connectivity index (χ1n) is 6.52. The van der Waals surface area contributed by atoms with Gasteiger partial charge in [0, 0.05) is 0 Å². The molecule has 0 N–H and O–H groups in total. The van der Waals surface area contributed by atoms with Crippen LogP contribution in [0.4, 0.5) is 0 Å². The van der Waals surface area contributed by atoms with Gasteiger partial charge in [-0.05, 0) is 42.4 Å². The minimum Gasteiger partial charge on any atom is -0.0911 e. The van der Waals surface area contributed by atoms with Crippen LogP contribution in [0, 0.1) is 22.7 Å². The van der Waals surface area contributed by atoms with E-state index in [4.69, 9.17) is 0 Å². The van der Waals surface area contributed by atoms with Gasteiger partial charge in [-0.15, -0.1) is 0 Å². The van der Waals surface area contributed by atoms with Gasteiger partial charge in [-0.25, -0.2) is 0 Å². The maximum Gasteiger partial charge on any atom is -0.0141 e. The first kappa shape index (κ1) is 12.8. The average Bonchev–Trinajstić information content (AvgIpc) is 2.14. The Hall–Kier alpha value is -0.260. The van der Waals surface area contributed by atoms with Crippen LogP contribution in [-0.2, 0) is 0 Å². The Morgan fingerprint density at radius 1 is 1.40 bits per heavy atom. The molecule has 1 rings (SSSR count). The maximum absolute atomic E-state index is 2.50. The molecule has 1 saturated carbocycles. The third-order valence-electron chi connectivity index (χ3n) is 4.79. The number of hydrogen-bond donors (Lipinski definition) is 0. The molecule has 0 bridgehead atoms. The molecule has 0 radical (unpaired) electrons. The van der Waals surface area contributed by atoms with Crippen molar-refractivity contribution in [3.8, 4) is 0 Å². The van der Waals surface area contributed by atoms with E-state index in [-0.39, 0.29) is 0 Å². The van der Waals surface area contributed by atoms with Crippen LogP contribution < -0.4 is 0 Å². The van der Waals surface area contributed by atoms with Crippen LogP contribution >= 0.6 is 0 Å². The van der Waals surface area contributed by atoms with Gasteiger partial charge in [-0.2, -0.15) is 0 Å². The second kappa shape index (κ2) is 4.31. The minimum atomic E-state index is 0.380. The van der Waals surface area contributed by atoms with Gasteiger partial charge in [0.1, 0.15) is 0 Å². The molecule has 3 atom stereocenters. The Kier molecular flexibility index (Phi) is 3.68. The maximum atomic E-state index is 2.50. The van der Waals surface area contributed by atoms with Crippen LogP contribution in [0.15, 0.2) is 12.2 Å². The second-order valence-electron chi connectivity index (χ2n) is 6.27. The normalized spacial score (nSPS) is 36.9. The Morgan fingerprint density at radius 3 is 2.40 bits per heavy atom. The van der Waals surface area contributed by atoms with Gasteiger partial charge in [-0.3, -0.25) is 0 Å². The van der Waals surface area contributed by atoms with Crippen molar-refractivity contribution < 1.29 is 0 Å². The first-order chi connectivity index (χ1) is 6.88. The number of hydrogen-bond acceptors (Lipinski definition) is 0. The van der Waals surface area contributed by atoms with Crippen molar-refractivity contribution in [3.63, 3.8) is 0 Å². The van der Waals surface area contributed by atoms with Gasteiger partial charge in [0.15, 0.2) is 0 Å². The molecule has 0 heterocycles. The van der Waals surface area contributed by atoms with Gasteiger partial charge < -0.3 is 0 Å². The molecule has 0 heteroatoms. The van der Waals surface area contributed by atoms with E-state index < -0.39 is 0 Å². The number of rotatable bonds is 4. The summed E-state index contributed by atoms with van der Waals surface area (Å²) in [4.78, 5) is 0. The minimum absolute atomic E-state index is 0.380. The molecule has 0 nitrogen and oxygen atoms in total. The lowest BCUT2D eigenvalue weighted by molar-refractivity contribution is -0.0855. The molecule has 1 fully saturated rings. The topological polar surface area (TPSA) is 0 Å². The zero-order chi connectivity index (χ0) is 11.7. The summed E-state index contributed by atoms with van der Waals surface area (Å²) in [6.07, 6.45) is 8.74. The number of allylic oxidation sites excluding steroid dienone is 2. The molecule has 15 heavy (non-hydrogen) atoms. The molecule has 1 aliphatic carbocycles. The van der Waals surface area contributed by atoms with Gasteiger partial charge in [0.2, 0.25) is 0 Å². The van der Waals surface area contributed by atoms with Crippen molar-refractivity contribution in [2.75, 3.05) is 0 Å². The van der Waals surface area contributed by atoms with Crippen molar-refractivity contribution in [2.24, 2.45) is 22.7 Å². The lowest BCUT2D eigenvalue weighted by atomic mass is 9.46. The van der Waals surface area contributed by atoms with Crippen LogP contribution in [0.5, 0.6) is 0 Å². The van der Waals surface area contributed by atoms with Crippen LogP contribution in [0.25, 0.3) is 0 Å². The van der Waals surface area contributed by atoms with Crippen molar-refractivity contribution in [1.29, 1.82) is 0 Å². The SMILES string of the molecule is CC=CC(C)(C)C1CC(C)C1(C)CCC. The standard InChI is InChI=1S/C15H28/c1-7-9-14(4,5)13-11-12(3)15(13,6)10-8-2/h7,9,12-13H,8,10-11H2,1-6H3. The lowest BCUT2D eigenvalue weighted by Gasteiger charge is -2.59. The van der Waals surface area contributed by atoms with Crippen molar-refractivity contribution in [3.05, 3.63) is 12.2 Å². The predicted molar refractivity (Wildman–Crippen MR) is 68.9 cm³/mol. The Bertz CT molecular complexity index is 236. The molecule has 3 unspecified atom stereocenters.